The smallest absolute Gasteiger partial charge is 0.234 e. The van der Waals surface area contributed by atoms with Gasteiger partial charge in [0.05, 0.1) is 11.5 Å². The van der Waals surface area contributed by atoms with Crippen molar-refractivity contribution in [2.24, 2.45) is 5.73 Å². The number of amides is 2. The van der Waals surface area contributed by atoms with E-state index in [1.54, 1.807) is 0 Å². The second-order valence-electron chi connectivity index (χ2n) is 4.95. The van der Waals surface area contributed by atoms with E-state index >= 15 is 0 Å². The Bertz CT molecular complexity index is 908. The second-order valence-corrected chi connectivity index (χ2v) is 8.37. The van der Waals surface area contributed by atoms with Gasteiger partial charge in [0.2, 0.25) is 11.8 Å². The summed E-state index contributed by atoms with van der Waals surface area (Å²) < 4.78 is 1.34. The van der Waals surface area contributed by atoms with Crippen LogP contribution in [0.15, 0.2) is 51.1 Å². The zero-order chi connectivity index (χ0) is 17.6. The van der Waals surface area contributed by atoms with Crippen molar-refractivity contribution in [3.63, 3.8) is 0 Å². The van der Waals surface area contributed by atoms with E-state index in [-0.39, 0.29) is 17.4 Å². The van der Waals surface area contributed by atoms with E-state index in [4.69, 9.17) is 5.73 Å². The Kier molecular flexibility index (Phi) is 5.90. The lowest BCUT2D eigenvalue weighted by atomic mass is 10.1. The van der Waals surface area contributed by atoms with Gasteiger partial charge in [0, 0.05) is 11.1 Å². The van der Waals surface area contributed by atoms with Crippen molar-refractivity contribution in [1.82, 2.24) is 10.2 Å². The molecule has 0 atom stereocenters. The van der Waals surface area contributed by atoms with Crippen molar-refractivity contribution in [1.29, 1.82) is 0 Å². The van der Waals surface area contributed by atoms with Crippen LogP contribution in [-0.4, -0.2) is 33.5 Å². The molecule has 2 aromatic carbocycles. The first kappa shape index (κ1) is 17.7. The number of primary amides is 1. The molecule has 128 valence electrons. The van der Waals surface area contributed by atoms with E-state index in [9.17, 15) is 9.59 Å². The molecule has 9 heteroatoms. The van der Waals surface area contributed by atoms with Gasteiger partial charge in [0.1, 0.15) is 0 Å². The third-order valence-electron chi connectivity index (χ3n) is 3.12. The number of nitrogens with two attached hydrogens (primary N) is 1. The van der Waals surface area contributed by atoms with Gasteiger partial charge in [0.25, 0.3) is 0 Å². The van der Waals surface area contributed by atoms with E-state index < -0.39 is 5.91 Å². The van der Waals surface area contributed by atoms with Crippen LogP contribution >= 0.6 is 34.9 Å². The van der Waals surface area contributed by atoms with Crippen LogP contribution in [0.1, 0.15) is 0 Å². The molecule has 0 aliphatic rings. The fourth-order valence-electron chi connectivity index (χ4n) is 2.09. The van der Waals surface area contributed by atoms with Gasteiger partial charge in [0.15, 0.2) is 8.68 Å². The highest BCUT2D eigenvalue weighted by atomic mass is 32.2. The molecule has 1 aromatic heterocycles. The van der Waals surface area contributed by atoms with Crippen molar-refractivity contribution in [2.45, 2.75) is 8.68 Å². The molecule has 25 heavy (non-hydrogen) atoms. The molecule has 0 fully saturated rings. The summed E-state index contributed by atoms with van der Waals surface area (Å²) in [6, 6.07) is 13.7. The Morgan fingerprint density at radius 2 is 1.68 bits per heavy atom. The van der Waals surface area contributed by atoms with E-state index in [2.05, 4.69) is 15.5 Å². The van der Waals surface area contributed by atoms with Crippen LogP contribution in [0.3, 0.4) is 0 Å². The Morgan fingerprint density at radius 3 is 2.44 bits per heavy atom. The van der Waals surface area contributed by atoms with Gasteiger partial charge in [-0.25, -0.2) is 0 Å². The standard InChI is InChI=1S/C16H14N4O2S3/c17-13(21)8-23-15-19-20-16(25-15)24-9-14(22)18-12-7-3-5-10-4-1-2-6-11(10)12/h1-7H,8-9H2,(H2,17,21)(H,18,22). The quantitative estimate of drug-likeness (QED) is 0.602. The summed E-state index contributed by atoms with van der Waals surface area (Å²) in [5, 5.41) is 13.0. The highest BCUT2D eigenvalue weighted by Gasteiger charge is 2.10. The summed E-state index contributed by atoms with van der Waals surface area (Å²) in [5.74, 6) is -0.106. The SMILES string of the molecule is NC(=O)CSc1nnc(SCC(=O)Nc2cccc3ccccc23)s1. The van der Waals surface area contributed by atoms with Crippen molar-refractivity contribution < 1.29 is 9.59 Å². The molecule has 0 radical (unpaired) electrons. The van der Waals surface area contributed by atoms with Gasteiger partial charge in [-0.15, -0.1) is 10.2 Å². The number of aromatic nitrogens is 2. The molecule has 1 heterocycles. The van der Waals surface area contributed by atoms with Crippen LogP contribution < -0.4 is 11.1 Å². The molecule has 0 aliphatic carbocycles. The maximum Gasteiger partial charge on any atom is 0.234 e. The summed E-state index contributed by atoms with van der Waals surface area (Å²) in [4.78, 5) is 23.0. The Hall–Kier alpha value is -2.10. The van der Waals surface area contributed by atoms with Gasteiger partial charge < -0.3 is 11.1 Å². The maximum absolute atomic E-state index is 12.2. The molecule has 0 aliphatic heterocycles. The van der Waals surface area contributed by atoms with Gasteiger partial charge in [-0.1, -0.05) is 71.3 Å². The lowest BCUT2D eigenvalue weighted by Gasteiger charge is -2.08. The van der Waals surface area contributed by atoms with Crippen molar-refractivity contribution >= 4 is 63.1 Å². The number of carbonyl (C=O) groups is 2. The minimum atomic E-state index is -0.399. The number of carbonyl (C=O) groups excluding carboxylic acids is 2. The van der Waals surface area contributed by atoms with Gasteiger partial charge >= 0.3 is 0 Å². The number of anilines is 1. The molecule has 3 N–H and O–H groups in total. The number of hydrogen-bond acceptors (Lipinski definition) is 7. The van der Waals surface area contributed by atoms with Gasteiger partial charge in [-0.2, -0.15) is 0 Å². The van der Waals surface area contributed by atoms with Crippen LogP contribution in [-0.2, 0) is 9.59 Å². The number of nitrogens with zero attached hydrogens (tertiary/aromatic N) is 2. The summed E-state index contributed by atoms with van der Waals surface area (Å²) in [5.41, 5.74) is 5.89. The molecule has 6 nitrogen and oxygen atoms in total. The third-order valence-corrected chi connectivity index (χ3v) is 6.33. The fourth-order valence-corrected chi connectivity index (χ4v) is 4.65. The Morgan fingerprint density at radius 1 is 1.00 bits per heavy atom. The van der Waals surface area contributed by atoms with Crippen molar-refractivity contribution in [3.05, 3.63) is 42.5 Å². The number of fused-ring (bicyclic) bond motifs is 1. The summed E-state index contributed by atoms with van der Waals surface area (Å²) >= 11 is 3.90. The highest BCUT2D eigenvalue weighted by Crippen LogP contribution is 2.29. The van der Waals surface area contributed by atoms with Gasteiger partial charge in [-0.05, 0) is 11.5 Å². The first-order valence-corrected chi connectivity index (χ1v) is 10.1. The maximum atomic E-state index is 12.2. The van der Waals surface area contributed by atoms with Crippen LogP contribution in [0.5, 0.6) is 0 Å². The number of thioether (sulfide) groups is 2. The summed E-state index contributed by atoms with van der Waals surface area (Å²) in [6.45, 7) is 0. The third kappa shape index (κ3) is 4.94. The summed E-state index contributed by atoms with van der Waals surface area (Å²) in [6.07, 6.45) is 0. The predicted octanol–water partition coefficient (Wildman–Crippen LogP) is 3.00. The van der Waals surface area contributed by atoms with Gasteiger partial charge in [-0.3, -0.25) is 9.59 Å². The normalized spacial score (nSPS) is 10.7. The molecule has 0 saturated heterocycles. The minimum Gasteiger partial charge on any atom is -0.369 e. The van der Waals surface area contributed by atoms with Crippen LogP contribution in [0.4, 0.5) is 5.69 Å². The summed E-state index contributed by atoms with van der Waals surface area (Å²) in [7, 11) is 0. The Labute approximate surface area is 156 Å². The number of nitrogens with one attached hydrogen (secondary N) is 1. The molecule has 3 aromatic rings. The van der Waals surface area contributed by atoms with E-state index in [0.29, 0.717) is 8.68 Å². The van der Waals surface area contributed by atoms with E-state index in [1.807, 2.05) is 42.5 Å². The molecular formula is C16H14N4O2S3. The first-order chi connectivity index (χ1) is 12.1. The average Bonchev–Trinajstić information content (AvgIpc) is 3.06. The average molecular weight is 391 g/mol. The first-order valence-electron chi connectivity index (χ1n) is 7.27. The zero-order valence-corrected chi connectivity index (χ0v) is 15.4. The van der Waals surface area contributed by atoms with Crippen molar-refractivity contribution in [2.75, 3.05) is 16.8 Å². The zero-order valence-electron chi connectivity index (χ0n) is 13.0. The number of benzene rings is 2. The molecule has 0 spiro atoms. The predicted molar refractivity (Wildman–Crippen MR) is 103 cm³/mol. The monoisotopic (exact) mass is 390 g/mol. The lowest BCUT2D eigenvalue weighted by Crippen LogP contribution is -2.14. The minimum absolute atomic E-state index is 0.108. The molecule has 2 amide bonds. The molecule has 0 saturated carbocycles. The lowest BCUT2D eigenvalue weighted by molar-refractivity contribution is -0.115. The van der Waals surface area contributed by atoms with E-state index in [0.717, 1.165) is 16.5 Å². The fraction of sp³-hybridized carbons (Fsp3) is 0.125. The molecule has 3 rings (SSSR count). The molecule has 0 bridgehead atoms. The van der Waals surface area contributed by atoms with Crippen LogP contribution in [0, 0.1) is 0 Å². The number of hydrogen-bond donors (Lipinski definition) is 2. The largest absolute Gasteiger partial charge is 0.369 e. The van der Waals surface area contributed by atoms with Crippen LogP contribution in [0.25, 0.3) is 10.8 Å². The Balaban J connectivity index is 1.57. The molecule has 0 unspecified atom stereocenters. The molecular weight excluding hydrogens is 376 g/mol. The van der Waals surface area contributed by atoms with E-state index in [1.165, 1.54) is 34.9 Å². The topological polar surface area (TPSA) is 98.0 Å². The second kappa shape index (κ2) is 8.32. The number of rotatable bonds is 7. The van der Waals surface area contributed by atoms with Crippen LogP contribution in [0.2, 0.25) is 0 Å². The van der Waals surface area contributed by atoms with Crippen molar-refractivity contribution in [3.8, 4) is 0 Å². The highest BCUT2D eigenvalue weighted by molar-refractivity contribution is 8.03.